The molecule has 3 heteroatoms. The summed E-state index contributed by atoms with van der Waals surface area (Å²) in [7, 11) is 0. The molecule has 0 atom stereocenters. The molecule has 0 unspecified atom stereocenters. The largest absolute Gasteiger partial charge is 0.412 e. The molecule has 5 N–H and O–H groups in total. The summed E-state index contributed by atoms with van der Waals surface area (Å²) in [5.41, 5.74) is 1.46. The highest BCUT2D eigenvalue weighted by molar-refractivity contribution is 5.13. The predicted molar refractivity (Wildman–Crippen MR) is 70.7 cm³/mol. The molecule has 0 fully saturated rings. The third-order valence-corrected chi connectivity index (χ3v) is 3.37. The van der Waals surface area contributed by atoms with E-state index in [9.17, 15) is 0 Å². The fourth-order valence-corrected chi connectivity index (χ4v) is 1.98. The van der Waals surface area contributed by atoms with Gasteiger partial charge in [-0.3, -0.25) is 0 Å². The van der Waals surface area contributed by atoms with E-state index in [-0.39, 0.29) is 11.6 Å². The fourth-order valence-electron chi connectivity index (χ4n) is 1.98. The minimum atomic E-state index is 0. The standard InChI is InChI=1S/C13H22N.H3N.H2O/c1-4-14(5-2,6-3)12-13-10-8-7-9-11-13;;/h7-11H,4-6,12H2,1-3H3;1H3;1H2/q+1;;. The van der Waals surface area contributed by atoms with E-state index in [1.165, 1.54) is 36.2 Å². The quantitative estimate of drug-likeness (QED) is 0.771. The second-order valence-corrected chi connectivity index (χ2v) is 3.93. The molecule has 3 nitrogen and oxygen atoms in total. The van der Waals surface area contributed by atoms with E-state index in [0.29, 0.717) is 0 Å². The van der Waals surface area contributed by atoms with Gasteiger partial charge in [-0.25, -0.2) is 0 Å². The number of rotatable bonds is 5. The fraction of sp³-hybridized carbons (Fsp3) is 0.538. The van der Waals surface area contributed by atoms with Crippen molar-refractivity contribution in [3.8, 4) is 0 Å². The Morgan fingerprint density at radius 1 is 0.875 bits per heavy atom. The van der Waals surface area contributed by atoms with Crippen molar-refractivity contribution in [2.24, 2.45) is 0 Å². The monoisotopic (exact) mass is 227 g/mol. The van der Waals surface area contributed by atoms with Gasteiger partial charge in [0.1, 0.15) is 6.54 Å². The molecule has 0 spiro atoms. The molecular formula is C13H27N2O+. The number of nitrogens with zero attached hydrogens (tertiary/aromatic N) is 1. The molecule has 1 aromatic carbocycles. The van der Waals surface area contributed by atoms with Crippen molar-refractivity contribution in [2.45, 2.75) is 27.3 Å². The van der Waals surface area contributed by atoms with Gasteiger partial charge in [-0.05, 0) is 20.8 Å². The molecule has 0 saturated carbocycles. The van der Waals surface area contributed by atoms with Crippen LogP contribution in [0.5, 0.6) is 0 Å². The van der Waals surface area contributed by atoms with Crippen LogP contribution >= 0.6 is 0 Å². The average Bonchev–Trinajstić information content (AvgIpc) is 2.28. The summed E-state index contributed by atoms with van der Waals surface area (Å²) >= 11 is 0. The van der Waals surface area contributed by atoms with Crippen molar-refractivity contribution >= 4 is 0 Å². The van der Waals surface area contributed by atoms with Crippen LogP contribution < -0.4 is 6.15 Å². The van der Waals surface area contributed by atoms with E-state index >= 15 is 0 Å². The minimum absolute atomic E-state index is 0. The second-order valence-electron chi connectivity index (χ2n) is 3.93. The Morgan fingerprint density at radius 2 is 1.31 bits per heavy atom. The first-order valence-corrected chi connectivity index (χ1v) is 5.65. The zero-order chi connectivity index (χ0) is 10.4. The van der Waals surface area contributed by atoms with Crippen LogP contribution in [0.3, 0.4) is 0 Å². The van der Waals surface area contributed by atoms with Crippen molar-refractivity contribution in [1.29, 1.82) is 0 Å². The highest BCUT2D eigenvalue weighted by atomic mass is 16.0. The lowest BCUT2D eigenvalue weighted by atomic mass is 10.2. The maximum atomic E-state index is 2.29. The number of hydrogen-bond donors (Lipinski definition) is 1. The molecule has 0 aliphatic rings. The molecule has 16 heavy (non-hydrogen) atoms. The zero-order valence-electron chi connectivity index (χ0n) is 10.9. The Morgan fingerprint density at radius 3 is 1.69 bits per heavy atom. The van der Waals surface area contributed by atoms with E-state index in [0.717, 1.165) is 0 Å². The Balaban J connectivity index is 0. The first-order chi connectivity index (χ1) is 6.76. The molecule has 1 aromatic rings. The summed E-state index contributed by atoms with van der Waals surface area (Å²) in [4.78, 5) is 0. The summed E-state index contributed by atoms with van der Waals surface area (Å²) in [5, 5.41) is 0. The maximum Gasteiger partial charge on any atom is 0.104 e. The first kappa shape index (κ1) is 17.5. The number of hydrogen-bond acceptors (Lipinski definition) is 1. The molecule has 0 amide bonds. The van der Waals surface area contributed by atoms with Gasteiger partial charge in [-0.1, -0.05) is 30.3 Å². The SMILES string of the molecule is CC[N+](CC)(CC)Cc1ccccc1.N.O. The number of benzene rings is 1. The van der Waals surface area contributed by atoms with E-state index in [4.69, 9.17) is 0 Å². The van der Waals surface area contributed by atoms with Gasteiger partial charge in [0.25, 0.3) is 0 Å². The molecule has 0 bridgehead atoms. The van der Waals surface area contributed by atoms with Gasteiger partial charge in [-0.2, -0.15) is 0 Å². The Bertz CT molecular complexity index is 250. The molecule has 0 aliphatic carbocycles. The topological polar surface area (TPSA) is 66.5 Å². The van der Waals surface area contributed by atoms with Crippen molar-refractivity contribution in [2.75, 3.05) is 19.6 Å². The van der Waals surface area contributed by atoms with Gasteiger partial charge in [0, 0.05) is 5.56 Å². The lowest BCUT2D eigenvalue weighted by Gasteiger charge is -2.35. The number of quaternary nitrogens is 1. The summed E-state index contributed by atoms with van der Waals surface area (Å²) in [5.74, 6) is 0. The minimum Gasteiger partial charge on any atom is -0.412 e. The van der Waals surface area contributed by atoms with Gasteiger partial charge in [-0.15, -0.1) is 0 Å². The first-order valence-electron chi connectivity index (χ1n) is 5.65. The lowest BCUT2D eigenvalue weighted by molar-refractivity contribution is -0.936. The molecule has 0 aromatic heterocycles. The third kappa shape index (κ3) is 4.31. The summed E-state index contributed by atoms with van der Waals surface area (Å²) in [6, 6.07) is 10.8. The van der Waals surface area contributed by atoms with Crippen LogP contribution in [0, 0.1) is 0 Å². The van der Waals surface area contributed by atoms with Crippen molar-refractivity contribution in [1.82, 2.24) is 6.15 Å². The molecule has 0 heterocycles. The summed E-state index contributed by atoms with van der Waals surface area (Å²) < 4.78 is 1.20. The van der Waals surface area contributed by atoms with Crippen molar-refractivity contribution in [3.05, 3.63) is 35.9 Å². The summed E-state index contributed by atoms with van der Waals surface area (Å²) in [6.07, 6.45) is 0. The van der Waals surface area contributed by atoms with Gasteiger partial charge in [0.2, 0.25) is 0 Å². The van der Waals surface area contributed by atoms with Crippen LogP contribution in [-0.4, -0.2) is 29.6 Å². The van der Waals surface area contributed by atoms with E-state index in [2.05, 4.69) is 51.1 Å². The zero-order valence-corrected chi connectivity index (χ0v) is 10.9. The Kier molecular flexibility index (Phi) is 9.05. The van der Waals surface area contributed by atoms with E-state index in [1.54, 1.807) is 0 Å². The molecule has 0 radical (unpaired) electrons. The molecular weight excluding hydrogens is 200 g/mol. The van der Waals surface area contributed by atoms with Gasteiger partial charge < -0.3 is 16.1 Å². The summed E-state index contributed by atoms with van der Waals surface area (Å²) in [6.45, 7) is 11.7. The smallest absolute Gasteiger partial charge is 0.104 e. The van der Waals surface area contributed by atoms with Gasteiger partial charge in [0.05, 0.1) is 19.6 Å². The third-order valence-electron chi connectivity index (χ3n) is 3.37. The highest BCUT2D eigenvalue weighted by Gasteiger charge is 2.20. The van der Waals surface area contributed by atoms with Crippen molar-refractivity contribution in [3.63, 3.8) is 0 Å². The Labute approximate surface area is 99.6 Å². The lowest BCUT2D eigenvalue weighted by Crippen LogP contribution is -2.46. The van der Waals surface area contributed by atoms with Crippen LogP contribution in [0.4, 0.5) is 0 Å². The van der Waals surface area contributed by atoms with E-state index in [1.807, 2.05) is 0 Å². The van der Waals surface area contributed by atoms with E-state index < -0.39 is 0 Å². The highest BCUT2D eigenvalue weighted by Crippen LogP contribution is 2.13. The average molecular weight is 227 g/mol. The van der Waals surface area contributed by atoms with Crippen LogP contribution in [-0.2, 0) is 6.54 Å². The Hall–Kier alpha value is -0.900. The van der Waals surface area contributed by atoms with Crippen LogP contribution in [0.15, 0.2) is 30.3 Å². The predicted octanol–water partition coefficient (Wildman–Crippen LogP) is 2.40. The van der Waals surface area contributed by atoms with Crippen LogP contribution in [0.1, 0.15) is 26.3 Å². The molecule has 1 rings (SSSR count). The van der Waals surface area contributed by atoms with Gasteiger partial charge in [0.15, 0.2) is 0 Å². The molecule has 0 saturated heterocycles. The van der Waals surface area contributed by atoms with Crippen LogP contribution in [0.2, 0.25) is 0 Å². The van der Waals surface area contributed by atoms with Crippen molar-refractivity contribution < 1.29 is 9.96 Å². The van der Waals surface area contributed by atoms with Crippen LogP contribution in [0.25, 0.3) is 0 Å². The molecule has 0 aliphatic heterocycles. The normalized spacial score (nSPS) is 10.2. The molecule has 94 valence electrons. The second kappa shape index (κ2) is 8.28. The maximum absolute atomic E-state index is 2.29. The van der Waals surface area contributed by atoms with Gasteiger partial charge >= 0.3 is 0 Å².